The minimum absolute atomic E-state index is 0.359. The highest BCUT2D eigenvalue weighted by molar-refractivity contribution is 5.70. The van der Waals surface area contributed by atoms with Crippen molar-refractivity contribution >= 4 is 5.70 Å². The molecule has 1 aromatic rings. The summed E-state index contributed by atoms with van der Waals surface area (Å²) in [5, 5.41) is 8.69. The Labute approximate surface area is 119 Å². The van der Waals surface area contributed by atoms with Gasteiger partial charge < -0.3 is 19.9 Å². The van der Waals surface area contributed by atoms with Crippen molar-refractivity contribution in [3.05, 3.63) is 23.8 Å². The molecule has 0 aliphatic heterocycles. The molecule has 0 fully saturated rings. The van der Waals surface area contributed by atoms with E-state index in [1.165, 1.54) is 6.08 Å². The molecule has 2 N–H and O–H groups in total. The predicted molar refractivity (Wildman–Crippen MR) is 77.7 cm³/mol. The maximum absolute atomic E-state index is 8.69. The van der Waals surface area contributed by atoms with Crippen molar-refractivity contribution in [1.82, 2.24) is 0 Å². The van der Waals surface area contributed by atoms with Gasteiger partial charge in [-0.05, 0) is 32.9 Å². The molecule has 0 bridgehead atoms. The number of nitrogens with two attached hydrogens (primary N) is 1. The molecule has 0 aliphatic carbocycles. The first-order chi connectivity index (χ1) is 9.67. The zero-order valence-electron chi connectivity index (χ0n) is 12.1. The monoisotopic (exact) mass is 276 g/mol. The Balaban J connectivity index is 3.37. The van der Waals surface area contributed by atoms with E-state index in [4.69, 9.17) is 25.2 Å². The molecule has 0 saturated heterocycles. The molecule has 20 heavy (non-hydrogen) atoms. The molecule has 0 saturated carbocycles. The van der Waals surface area contributed by atoms with Gasteiger partial charge in [-0.15, -0.1) is 0 Å². The Morgan fingerprint density at radius 2 is 1.60 bits per heavy atom. The minimum atomic E-state index is 0.359. The van der Waals surface area contributed by atoms with E-state index in [1.807, 2.05) is 26.8 Å². The maximum Gasteiger partial charge on any atom is 0.203 e. The smallest absolute Gasteiger partial charge is 0.203 e. The van der Waals surface area contributed by atoms with Crippen LogP contribution in [0.25, 0.3) is 5.70 Å². The zero-order chi connectivity index (χ0) is 15.0. The molecule has 0 unspecified atom stereocenters. The van der Waals surface area contributed by atoms with Crippen molar-refractivity contribution < 1.29 is 14.2 Å². The first kappa shape index (κ1) is 15.7. The molecular formula is C15H20N2O3. The zero-order valence-corrected chi connectivity index (χ0v) is 12.1. The van der Waals surface area contributed by atoms with Crippen molar-refractivity contribution in [3.8, 4) is 23.3 Å². The van der Waals surface area contributed by atoms with E-state index in [1.54, 1.807) is 12.1 Å². The van der Waals surface area contributed by atoms with Crippen LogP contribution < -0.4 is 19.9 Å². The van der Waals surface area contributed by atoms with Gasteiger partial charge in [0.05, 0.1) is 25.9 Å². The number of nitriles is 1. The highest BCUT2D eigenvalue weighted by Crippen LogP contribution is 2.40. The fraction of sp³-hybridized carbons (Fsp3) is 0.400. The number of allylic oxidation sites excluding steroid dienone is 1. The normalized spacial score (nSPS) is 10.8. The first-order valence-corrected chi connectivity index (χ1v) is 6.59. The van der Waals surface area contributed by atoms with Gasteiger partial charge in [-0.25, -0.2) is 0 Å². The van der Waals surface area contributed by atoms with Crippen LogP contribution in [-0.2, 0) is 0 Å². The average Bonchev–Trinajstić information content (AvgIpc) is 2.43. The second kappa shape index (κ2) is 7.95. The SMILES string of the molecule is CCOc1cc(/C(N)=C/C#N)cc(OCC)c1OCC. The Morgan fingerprint density at radius 1 is 1.10 bits per heavy atom. The molecule has 0 heterocycles. The third-order valence-electron chi connectivity index (χ3n) is 2.46. The second-order valence-corrected chi connectivity index (χ2v) is 3.83. The van der Waals surface area contributed by atoms with Crippen LogP contribution in [-0.4, -0.2) is 19.8 Å². The van der Waals surface area contributed by atoms with E-state index in [-0.39, 0.29) is 0 Å². The summed E-state index contributed by atoms with van der Waals surface area (Å²) in [6.07, 6.45) is 1.28. The van der Waals surface area contributed by atoms with Crippen molar-refractivity contribution in [1.29, 1.82) is 5.26 Å². The molecule has 0 spiro atoms. The topological polar surface area (TPSA) is 77.5 Å². The number of rotatable bonds is 7. The lowest BCUT2D eigenvalue weighted by Gasteiger charge is -2.17. The standard InChI is InChI=1S/C15H20N2O3/c1-4-18-13-9-11(12(17)7-8-16)10-14(19-5-2)15(13)20-6-3/h7,9-10H,4-6,17H2,1-3H3/b12-7-. The number of hydrogen-bond acceptors (Lipinski definition) is 5. The van der Waals surface area contributed by atoms with Crippen LogP contribution in [0.3, 0.4) is 0 Å². The Kier molecular flexibility index (Phi) is 6.24. The summed E-state index contributed by atoms with van der Waals surface area (Å²) in [5.41, 5.74) is 6.87. The fourth-order valence-electron chi connectivity index (χ4n) is 1.71. The molecule has 0 aliphatic rings. The van der Waals surface area contributed by atoms with Crippen LogP contribution in [0.4, 0.5) is 0 Å². The van der Waals surface area contributed by atoms with E-state index in [9.17, 15) is 0 Å². The van der Waals surface area contributed by atoms with Gasteiger partial charge in [-0.3, -0.25) is 0 Å². The summed E-state index contributed by atoms with van der Waals surface area (Å²) in [6, 6.07) is 5.41. The van der Waals surface area contributed by atoms with E-state index in [0.29, 0.717) is 48.3 Å². The number of benzene rings is 1. The largest absolute Gasteiger partial charge is 0.490 e. The van der Waals surface area contributed by atoms with Gasteiger partial charge in [0.25, 0.3) is 0 Å². The summed E-state index contributed by atoms with van der Waals surface area (Å²) in [6.45, 7) is 7.16. The number of hydrogen-bond donors (Lipinski definition) is 1. The van der Waals surface area contributed by atoms with E-state index in [0.717, 1.165) is 0 Å². The molecule has 1 rings (SSSR count). The fourth-order valence-corrected chi connectivity index (χ4v) is 1.71. The van der Waals surface area contributed by atoms with Crippen LogP contribution >= 0.6 is 0 Å². The van der Waals surface area contributed by atoms with Gasteiger partial charge in [0.2, 0.25) is 5.75 Å². The molecule has 1 aromatic carbocycles. The summed E-state index contributed by atoms with van der Waals surface area (Å²) in [7, 11) is 0. The van der Waals surface area contributed by atoms with Gasteiger partial charge >= 0.3 is 0 Å². The van der Waals surface area contributed by atoms with Crippen molar-refractivity contribution in [2.45, 2.75) is 20.8 Å². The van der Waals surface area contributed by atoms with E-state index in [2.05, 4.69) is 0 Å². The van der Waals surface area contributed by atoms with Crippen molar-refractivity contribution in [2.24, 2.45) is 5.73 Å². The predicted octanol–water partition coefficient (Wildman–Crippen LogP) is 2.71. The van der Waals surface area contributed by atoms with Crippen molar-refractivity contribution in [3.63, 3.8) is 0 Å². The van der Waals surface area contributed by atoms with Crippen LogP contribution in [0, 0.1) is 11.3 Å². The van der Waals surface area contributed by atoms with E-state index < -0.39 is 0 Å². The van der Waals surface area contributed by atoms with Gasteiger partial charge in [0.15, 0.2) is 11.5 Å². The van der Waals surface area contributed by atoms with Gasteiger partial charge in [0.1, 0.15) is 0 Å². The molecule has 5 nitrogen and oxygen atoms in total. The quantitative estimate of drug-likeness (QED) is 0.775. The summed E-state index contributed by atoms with van der Waals surface area (Å²) >= 11 is 0. The summed E-state index contributed by atoms with van der Waals surface area (Å²) in [5.74, 6) is 1.68. The lowest BCUT2D eigenvalue weighted by molar-refractivity contribution is 0.260. The molecular weight excluding hydrogens is 256 g/mol. The third-order valence-corrected chi connectivity index (χ3v) is 2.46. The third kappa shape index (κ3) is 3.82. The molecule has 108 valence electrons. The maximum atomic E-state index is 8.69. The van der Waals surface area contributed by atoms with E-state index >= 15 is 0 Å². The minimum Gasteiger partial charge on any atom is -0.490 e. The molecule has 0 amide bonds. The lowest BCUT2D eigenvalue weighted by Crippen LogP contribution is -2.05. The Morgan fingerprint density at radius 3 is 2.00 bits per heavy atom. The molecule has 5 heteroatoms. The average molecular weight is 276 g/mol. The van der Waals surface area contributed by atoms with Crippen LogP contribution in [0.1, 0.15) is 26.3 Å². The van der Waals surface area contributed by atoms with Crippen LogP contribution in [0.5, 0.6) is 17.2 Å². The van der Waals surface area contributed by atoms with Gasteiger partial charge in [-0.2, -0.15) is 5.26 Å². The van der Waals surface area contributed by atoms with Crippen molar-refractivity contribution in [2.75, 3.05) is 19.8 Å². The highest BCUT2D eigenvalue weighted by atomic mass is 16.5. The molecule has 0 aromatic heterocycles. The molecule has 0 atom stereocenters. The van der Waals surface area contributed by atoms with Gasteiger partial charge in [-0.1, -0.05) is 0 Å². The Hall–Kier alpha value is -2.35. The summed E-state index contributed by atoms with van der Waals surface area (Å²) in [4.78, 5) is 0. The van der Waals surface area contributed by atoms with Crippen LogP contribution in [0.15, 0.2) is 18.2 Å². The summed E-state index contributed by atoms with van der Waals surface area (Å²) < 4.78 is 16.7. The number of ether oxygens (including phenoxy) is 3. The first-order valence-electron chi connectivity index (χ1n) is 6.59. The number of nitrogens with zero attached hydrogens (tertiary/aromatic N) is 1. The highest BCUT2D eigenvalue weighted by Gasteiger charge is 2.15. The second-order valence-electron chi connectivity index (χ2n) is 3.83. The molecule has 0 radical (unpaired) electrons. The van der Waals surface area contributed by atoms with Gasteiger partial charge in [0, 0.05) is 17.3 Å². The Bertz CT molecular complexity index is 491. The van der Waals surface area contributed by atoms with Crippen LogP contribution in [0.2, 0.25) is 0 Å². The lowest BCUT2D eigenvalue weighted by atomic mass is 10.1.